The highest BCUT2D eigenvalue weighted by Crippen LogP contribution is 2.48. The number of anilines is 1. The van der Waals surface area contributed by atoms with Gasteiger partial charge in [0.05, 0.1) is 16.2 Å². The van der Waals surface area contributed by atoms with Crippen molar-refractivity contribution in [1.29, 1.82) is 0 Å². The fourth-order valence-electron chi connectivity index (χ4n) is 3.85. The van der Waals surface area contributed by atoms with Crippen LogP contribution in [0.25, 0.3) is 5.69 Å². The first-order valence-corrected chi connectivity index (χ1v) is 9.94. The van der Waals surface area contributed by atoms with E-state index >= 15 is 0 Å². The van der Waals surface area contributed by atoms with Crippen LogP contribution in [0.1, 0.15) is 16.7 Å². The van der Waals surface area contributed by atoms with Crippen LogP contribution in [0.4, 0.5) is 37.8 Å². The number of benzene rings is 2. The second-order valence-corrected chi connectivity index (χ2v) is 7.83. The molecule has 0 amide bonds. The highest BCUT2D eigenvalue weighted by molar-refractivity contribution is 6.05. The number of hydrogen-bond acceptors (Lipinski definition) is 5. The lowest BCUT2D eigenvalue weighted by atomic mass is 9.87. The number of aromatic nitrogens is 2. The normalized spacial score (nSPS) is 15.0. The summed E-state index contributed by atoms with van der Waals surface area (Å²) in [6.07, 6.45) is -12.3. The quantitative estimate of drug-likeness (QED) is 0.280. The molecule has 3 N–H and O–H groups in total. The van der Waals surface area contributed by atoms with Crippen LogP contribution in [0, 0.1) is 17.0 Å². The van der Waals surface area contributed by atoms with E-state index in [1.807, 2.05) is 0 Å². The van der Waals surface area contributed by atoms with Crippen molar-refractivity contribution in [3.05, 3.63) is 96.2 Å². The van der Waals surface area contributed by atoms with Gasteiger partial charge in [-0.2, -0.15) is 26.3 Å². The van der Waals surface area contributed by atoms with E-state index in [0.29, 0.717) is 10.1 Å². The minimum Gasteiger partial charge on any atom is -0.273 e. The Balaban J connectivity index is 2.16. The van der Waals surface area contributed by atoms with Crippen LogP contribution in [0.3, 0.4) is 0 Å². The van der Waals surface area contributed by atoms with Crippen LogP contribution in [-0.4, -0.2) is 32.7 Å². The van der Waals surface area contributed by atoms with Gasteiger partial charge in [0.2, 0.25) is 5.82 Å². The Morgan fingerprint density at radius 3 is 2.17 bits per heavy atom. The SMILES string of the molecule is Cc1ccc(-n2c3c(c(=O)[nH]c2=O)C(C(F)(F)F)(C(F)(F)F)[NH+]=C(c2cccc([N+](=O)[O-])c2)N3)cc1. The van der Waals surface area contributed by atoms with E-state index in [0.717, 1.165) is 24.3 Å². The maximum absolute atomic E-state index is 14.4. The van der Waals surface area contributed by atoms with Crippen molar-refractivity contribution < 1.29 is 36.3 Å². The van der Waals surface area contributed by atoms with Gasteiger partial charge in [0.15, 0.2) is 0 Å². The van der Waals surface area contributed by atoms with Crippen molar-refractivity contribution in [3.63, 3.8) is 0 Å². The second kappa shape index (κ2) is 8.07. The average molecular weight is 514 g/mol. The number of halogens is 6. The summed E-state index contributed by atoms with van der Waals surface area (Å²) in [5, 5.41) is 13.4. The Labute approximate surface area is 195 Å². The third kappa shape index (κ3) is 3.72. The number of aryl methyl sites for hydroxylation is 1. The number of nitro benzene ring substituents is 1. The van der Waals surface area contributed by atoms with Crippen molar-refractivity contribution in [2.75, 3.05) is 5.32 Å². The fourth-order valence-corrected chi connectivity index (χ4v) is 3.85. The smallest absolute Gasteiger partial charge is 0.273 e. The second-order valence-electron chi connectivity index (χ2n) is 7.83. The van der Waals surface area contributed by atoms with Crippen LogP contribution in [0.15, 0.2) is 58.1 Å². The van der Waals surface area contributed by atoms with Crippen LogP contribution in [0.2, 0.25) is 0 Å². The molecule has 1 aromatic heterocycles. The number of hydrogen-bond donors (Lipinski definition) is 3. The van der Waals surface area contributed by atoms with Crippen LogP contribution < -0.4 is 21.6 Å². The summed E-state index contributed by atoms with van der Waals surface area (Å²) in [5.74, 6) is -2.07. The lowest BCUT2D eigenvalue weighted by molar-refractivity contribution is -0.658. The summed E-state index contributed by atoms with van der Waals surface area (Å²) in [6.45, 7) is 1.66. The molecule has 9 nitrogen and oxygen atoms in total. The van der Waals surface area contributed by atoms with E-state index in [4.69, 9.17) is 0 Å². The molecular weight excluding hydrogens is 500 g/mol. The zero-order valence-corrected chi connectivity index (χ0v) is 17.9. The largest absolute Gasteiger partial charge is 0.446 e. The molecule has 1 aliphatic heterocycles. The highest BCUT2D eigenvalue weighted by Gasteiger charge is 2.78. The minimum atomic E-state index is -6.16. The molecule has 0 spiro atoms. The summed E-state index contributed by atoms with van der Waals surface area (Å²) in [6, 6.07) is 9.20. The number of nitro groups is 1. The zero-order valence-electron chi connectivity index (χ0n) is 17.9. The maximum atomic E-state index is 14.4. The number of H-pyrrole nitrogens is 1. The van der Waals surface area contributed by atoms with E-state index in [1.165, 1.54) is 34.2 Å². The van der Waals surface area contributed by atoms with E-state index in [2.05, 4.69) is 5.32 Å². The molecule has 36 heavy (non-hydrogen) atoms. The first-order valence-electron chi connectivity index (χ1n) is 9.94. The van der Waals surface area contributed by atoms with Crippen LogP contribution >= 0.6 is 0 Å². The molecule has 2 aromatic carbocycles. The van der Waals surface area contributed by atoms with Crippen LogP contribution in [-0.2, 0) is 5.54 Å². The standard InChI is InChI=1S/C21H13F6N5O4/c1-10-5-7-12(8-6-10)31-16-14(17(33)29-18(31)34)19(20(22,23)24,21(25,26)27)30-15(28-16)11-3-2-4-13(9-11)32(35)36/h2-9H,1H3,(H,28,30)(H,29,33,34)/p+1. The third-order valence-corrected chi connectivity index (χ3v) is 5.53. The number of aromatic amines is 1. The zero-order chi connectivity index (χ0) is 26.6. The van der Waals surface area contributed by atoms with Crippen molar-refractivity contribution >= 4 is 17.3 Å². The first kappa shape index (κ1) is 24.7. The Kier molecular flexibility index (Phi) is 5.53. The van der Waals surface area contributed by atoms with Gasteiger partial charge in [-0.25, -0.2) is 19.7 Å². The minimum absolute atomic E-state index is 0.149. The van der Waals surface area contributed by atoms with Gasteiger partial charge in [-0.15, -0.1) is 0 Å². The van der Waals surface area contributed by atoms with E-state index in [1.54, 1.807) is 6.92 Å². The molecule has 15 heteroatoms. The lowest BCUT2D eigenvalue weighted by Gasteiger charge is -2.35. The summed E-state index contributed by atoms with van der Waals surface area (Å²) in [5.41, 5.74) is -10.6. The average Bonchev–Trinajstić information content (AvgIpc) is 2.78. The van der Waals surface area contributed by atoms with Crippen molar-refractivity contribution in [1.82, 2.24) is 9.55 Å². The molecule has 2 heterocycles. The Morgan fingerprint density at radius 2 is 1.61 bits per heavy atom. The molecule has 0 aliphatic carbocycles. The molecule has 0 radical (unpaired) electrons. The fraction of sp³-hybridized carbons (Fsp3) is 0.190. The van der Waals surface area contributed by atoms with Gasteiger partial charge >= 0.3 is 23.6 Å². The Bertz CT molecular complexity index is 1510. The predicted octanol–water partition coefficient (Wildman–Crippen LogP) is 2.02. The van der Waals surface area contributed by atoms with Crippen molar-refractivity contribution in [2.24, 2.45) is 0 Å². The van der Waals surface area contributed by atoms with Gasteiger partial charge in [-0.3, -0.25) is 19.9 Å². The lowest BCUT2D eigenvalue weighted by Crippen LogP contribution is -2.97. The molecule has 0 saturated heterocycles. The number of rotatable bonds is 3. The molecule has 0 unspecified atom stereocenters. The third-order valence-electron chi connectivity index (χ3n) is 5.53. The molecule has 188 valence electrons. The summed E-state index contributed by atoms with van der Waals surface area (Å²) >= 11 is 0. The molecule has 0 fully saturated rings. The number of alkyl halides is 6. The van der Waals surface area contributed by atoms with E-state index in [-0.39, 0.29) is 5.69 Å². The summed E-state index contributed by atoms with van der Waals surface area (Å²) in [7, 11) is 0. The number of nitrogens with zero attached hydrogens (tertiary/aromatic N) is 2. The number of fused-ring (bicyclic) bond motifs is 1. The first-order chi connectivity index (χ1) is 16.7. The Morgan fingerprint density at radius 1 is 1.00 bits per heavy atom. The van der Waals surface area contributed by atoms with Gasteiger partial charge < -0.3 is 0 Å². The molecule has 1 aliphatic rings. The number of non-ortho nitro benzene ring substituents is 1. The number of amidine groups is 1. The van der Waals surface area contributed by atoms with Gasteiger partial charge in [0.1, 0.15) is 5.56 Å². The van der Waals surface area contributed by atoms with E-state index in [9.17, 15) is 46.0 Å². The molecule has 4 rings (SSSR count). The predicted molar refractivity (Wildman–Crippen MR) is 113 cm³/mol. The monoisotopic (exact) mass is 514 g/mol. The van der Waals surface area contributed by atoms with Gasteiger partial charge in [-0.1, -0.05) is 23.8 Å². The number of nitrogens with one attached hydrogen (secondary N) is 3. The topological polar surface area (TPSA) is 124 Å². The molecule has 0 atom stereocenters. The van der Waals surface area contributed by atoms with Gasteiger partial charge in [-0.05, 0) is 25.1 Å². The maximum Gasteiger partial charge on any atom is 0.446 e. The molecule has 0 bridgehead atoms. The molecular formula is C21H14F6N5O4+. The van der Waals surface area contributed by atoms with Gasteiger partial charge in [0.25, 0.3) is 17.1 Å². The van der Waals surface area contributed by atoms with Gasteiger partial charge in [0, 0.05) is 12.1 Å². The Hall–Kier alpha value is -4.43. The highest BCUT2D eigenvalue weighted by atomic mass is 19.4. The molecule has 3 aromatic rings. The summed E-state index contributed by atoms with van der Waals surface area (Å²) < 4.78 is 86.6. The van der Waals surface area contributed by atoms with Crippen LogP contribution in [0.5, 0.6) is 0 Å². The van der Waals surface area contributed by atoms with E-state index < -0.39 is 62.5 Å². The summed E-state index contributed by atoms with van der Waals surface area (Å²) in [4.78, 5) is 38.4. The van der Waals surface area contributed by atoms with Crippen molar-refractivity contribution in [2.45, 2.75) is 24.8 Å². The van der Waals surface area contributed by atoms with Crippen molar-refractivity contribution in [3.8, 4) is 5.69 Å². The molecule has 0 saturated carbocycles.